The zero-order chi connectivity index (χ0) is 11.1. The van der Waals surface area contributed by atoms with Gasteiger partial charge in [0.15, 0.2) is 6.07 Å². The fraction of sp³-hybridized carbons (Fsp3) is 0.750. The Morgan fingerprint density at radius 1 is 1.43 bits per heavy atom. The summed E-state index contributed by atoms with van der Waals surface area (Å²) in [7, 11) is 1.22. The molecule has 0 aliphatic rings. The first kappa shape index (κ1) is 13.0. The van der Waals surface area contributed by atoms with Crippen molar-refractivity contribution in [1.82, 2.24) is 5.32 Å². The van der Waals surface area contributed by atoms with Crippen molar-refractivity contribution < 1.29 is 19.1 Å². The molecular weight excluding hydrogens is 210 g/mol. The van der Waals surface area contributed by atoms with Gasteiger partial charge in [-0.05, 0) is 5.92 Å². The van der Waals surface area contributed by atoms with Crippen LogP contribution in [0.4, 0.5) is 4.79 Å². The number of methoxy groups -OCH3 is 1. The van der Waals surface area contributed by atoms with E-state index < -0.39 is 18.1 Å². The first-order valence-electron chi connectivity index (χ1n) is 4.10. The molecule has 0 aromatic heterocycles. The second-order valence-corrected chi connectivity index (χ2v) is 3.15. The summed E-state index contributed by atoms with van der Waals surface area (Å²) in [4.78, 5) is 22.1. The van der Waals surface area contributed by atoms with Crippen LogP contribution < -0.4 is 5.32 Å². The number of alkyl halides is 1. The number of hydrogen-bond donors (Lipinski definition) is 1. The van der Waals surface area contributed by atoms with Crippen LogP contribution in [-0.2, 0) is 14.3 Å². The third kappa shape index (κ3) is 4.32. The van der Waals surface area contributed by atoms with Gasteiger partial charge in [-0.15, -0.1) is 0 Å². The number of carbonyl (C=O) groups is 2. The molecule has 0 saturated carbocycles. The van der Waals surface area contributed by atoms with E-state index in [4.69, 9.17) is 11.6 Å². The van der Waals surface area contributed by atoms with Gasteiger partial charge in [0, 0.05) is 0 Å². The third-order valence-corrected chi connectivity index (χ3v) is 1.69. The summed E-state index contributed by atoms with van der Waals surface area (Å²) in [5, 5.41) is 2.36. The molecule has 6 heteroatoms. The average molecular weight is 224 g/mol. The maximum atomic E-state index is 11.3. The van der Waals surface area contributed by atoms with Crippen molar-refractivity contribution in [2.45, 2.75) is 19.9 Å². The van der Waals surface area contributed by atoms with Gasteiger partial charge in [0.25, 0.3) is 0 Å². The number of nitrogens with one attached hydrogen (secondary N) is 1. The van der Waals surface area contributed by atoms with E-state index in [1.54, 1.807) is 13.8 Å². The highest BCUT2D eigenvalue weighted by atomic mass is 35.5. The van der Waals surface area contributed by atoms with Gasteiger partial charge in [0.05, 0.1) is 7.11 Å². The Labute approximate surface area is 87.7 Å². The number of amides is 1. The fourth-order valence-corrected chi connectivity index (χ4v) is 0.935. The molecule has 0 saturated heterocycles. The van der Waals surface area contributed by atoms with Gasteiger partial charge in [-0.2, -0.15) is 0 Å². The van der Waals surface area contributed by atoms with Crippen LogP contribution in [0.2, 0.25) is 0 Å². The SMILES string of the molecule is COC(=O)N[C@H](C(=O)OCCl)C(C)C. The lowest BCUT2D eigenvalue weighted by atomic mass is 10.1. The normalized spacial score (nSPS) is 12.1. The number of hydrogen-bond acceptors (Lipinski definition) is 4. The van der Waals surface area contributed by atoms with E-state index in [1.165, 1.54) is 7.11 Å². The Balaban J connectivity index is 4.29. The number of carbonyl (C=O) groups excluding carboxylic acids is 2. The van der Waals surface area contributed by atoms with Gasteiger partial charge in [0.2, 0.25) is 0 Å². The minimum atomic E-state index is -0.735. The predicted molar refractivity (Wildman–Crippen MR) is 51.0 cm³/mol. The minimum Gasteiger partial charge on any atom is -0.453 e. The lowest BCUT2D eigenvalue weighted by Gasteiger charge is -2.19. The van der Waals surface area contributed by atoms with Gasteiger partial charge < -0.3 is 14.8 Å². The molecule has 0 spiro atoms. The summed E-state index contributed by atoms with van der Waals surface area (Å²) >= 11 is 5.23. The van der Waals surface area contributed by atoms with E-state index in [0.717, 1.165) is 0 Å². The molecule has 0 aliphatic carbocycles. The summed E-state index contributed by atoms with van der Waals surface area (Å²) in [5.41, 5.74) is 0. The van der Waals surface area contributed by atoms with Crippen molar-refractivity contribution in [1.29, 1.82) is 0 Å². The Morgan fingerprint density at radius 2 is 2.00 bits per heavy atom. The number of rotatable bonds is 4. The van der Waals surface area contributed by atoms with Crippen molar-refractivity contribution >= 4 is 23.7 Å². The number of ether oxygens (including phenoxy) is 2. The van der Waals surface area contributed by atoms with E-state index in [-0.39, 0.29) is 12.0 Å². The molecule has 0 aromatic rings. The van der Waals surface area contributed by atoms with Gasteiger partial charge in [-0.1, -0.05) is 25.4 Å². The lowest BCUT2D eigenvalue weighted by Crippen LogP contribution is -2.45. The molecule has 14 heavy (non-hydrogen) atoms. The van der Waals surface area contributed by atoms with Crippen LogP contribution in [0, 0.1) is 5.92 Å². The molecule has 1 amide bonds. The average Bonchev–Trinajstić information content (AvgIpc) is 2.13. The van der Waals surface area contributed by atoms with Crippen molar-refractivity contribution in [2.75, 3.05) is 13.2 Å². The van der Waals surface area contributed by atoms with Crippen LogP contribution in [0.5, 0.6) is 0 Å². The van der Waals surface area contributed by atoms with E-state index in [0.29, 0.717) is 0 Å². The highest BCUT2D eigenvalue weighted by Gasteiger charge is 2.25. The molecule has 0 bridgehead atoms. The van der Waals surface area contributed by atoms with E-state index in [2.05, 4.69) is 14.8 Å². The Morgan fingerprint density at radius 3 is 2.36 bits per heavy atom. The molecule has 0 heterocycles. The number of halogens is 1. The van der Waals surface area contributed by atoms with Crippen molar-refractivity contribution in [3.05, 3.63) is 0 Å². The van der Waals surface area contributed by atoms with Crippen molar-refractivity contribution in [3.8, 4) is 0 Å². The third-order valence-electron chi connectivity index (χ3n) is 1.58. The van der Waals surface area contributed by atoms with Crippen LogP contribution in [0.1, 0.15) is 13.8 Å². The zero-order valence-electron chi connectivity index (χ0n) is 8.37. The molecule has 82 valence electrons. The van der Waals surface area contributed by atoms with E-state index in [1.807, 2.05) is 0 Å². The summed E-state index contributed by atoms with van der Waals surface area (Å²) < 4.78 is 8.94. The second kappa shape index (κ2) is 6.48. The largest absolute Gasteiger partial charge is 0.453 e. The smallest absolute Gasteiger partial charge is 0.407 e. The lowest BCUT2D eigenvalue weighted by molar-refractivity contribution is -0.145. The molecule has 0 unspecified atom stereocenters. The zero-order valence-corrected chi connectivity index (χ0v) is 9.13. The predicted octanol–water partition coefficient (Wildman–Crippen LogP) is 1.11. The van der Waals surface area contributed by atoms with Crippen LogP contribution >= 0.6 is 11.6 Å². The molecule has 5 nitrogen and oxygen atoms in total. The summed E-state index contributed by atoms with van der Waals surface area (Å²) in [6.45, 7) is 3.55. The molecule has 0 fully saturated rings. The highest BCUT2D eigenvalue weighted by Crippen LogP contribution is 2.04. The summed E-state index contributed by atoms with van der Waals surface area (Å²) in [6.07, 6.45) is -0.671. The fourth-order valence-electron chi connectivity index (χ4n) is 0.827. The summed E-state index contributed by atoms with van der Waals surface area (Å²) in [5.74, 6) is -0.662. The topological polar surface area (TPSA) is 64.6 Å². The Bertz CT molecular complexity index is 208. The van der Waals surface area contributed by atoms with Crippen LogP contribution in [0.3, 0.4) is 0 Å². The minimum absolute atomic E-state index is 0.0928. The molecule has 0 aromatic carbocycles. The Hall–Kier alpha value is -0.970. The van der Waals surface area contributed by atoms with Crippen LogP contribution in [-0.4, -0.2) is 31.3 Å². The Kier molecular flexibility index (Phi) is 6.03. The van der Waals surface area contributed by atoms with Gasteiger partial charge >= 0.3 is 12.1 Å². The highest BCUT2D eigenvalue weighted by molar-refractivity contribution is 6.17. The van der Waals surface area contributed by atoms with Crippen molar-refractivity contribution in [3.63, 3.8) is 0 Å². The van der Waals surface area contributed by atoms with Gasteiger partial charge in [-0.3, -0.25) is 0 Å². The monoisotopic (exact) mass is 223 g/mol. The molecule has 0 rings (SSSR count). The van der Waals surface area contributed by atoms with Crippen molar-refractivity contribution in [2.24, 2.45) is 5.92 Å². The maximum absolute atomic E-state index is 11.3. The standard InChI is InChI=1S/C8H14ClNO4/c1-5(2)6(7(11)14-4-9)10-8(12)13-3/h5-6H,4H2,1-3H3,(H,10,12)/t6-/m0/s1. The maximum Gasteiger partial charge on any atom is 0.407 e. The number of alkyl carbamates (subject to hydrolysis) is 1. The first-order chi connectivity index (χ1) is 6.52. The van der Waals surface area contributed by atoms with Gasteiger partial charge in [0.1, 0.15) is 6.04 Å². The quantitative estimate of drug-likeness (QED) is 0.573. The molecule has 1 atom stereocenters. The molecule has 0 aliphatic heterocycles. The molecule has 1 N–H and O–H groups in total. The molecule has 0 radical (unpaired) electrons. The van der Waals surface area contributed by atoms with E-state index >= 15 is 0 Å². The summed E-state index contributed by atoms with van der Waals surface area (Å²) in [6, 6.07) is -0.966. The van der Waals surface area contributed by atoms with Crippen LogP contribution in [0.25, 0.3) is 0 Å². The van der Waals surface area contributed by atoms with Crippen LogP contribution in [0.15, 0.2) is 0 Å². The number of esters is 1. The van der Waals surface area contributed by atoms with Gasteiger partial charge in [-0.25, -0.2) is 9.59 Å². The van der Waals surface area contributed by atoms with E-state index in [9.17, 15) is 9.59 Å². The second-order valence-electron chi connectivity index (χ2n) is 2.93. The molecular formula is C8H14ClNO4. The first-order valence-corrected chi connectivity index (χ1v) is 4.63.